The van der Waals surface area contributed by atoms with Gasteiger partial charge in [-0.15, -0.1) is 0 Å². The van der Waals surface area contributed by atoms with Crippen LogP contribution in [0.25, 0.3) is 0 Å². The van der Waals surface area contributed by atoms with E-state index in [1.54, 1.807) is 0 Å². The minimum atomic E-state index is 0.535. The number of rotatable bonds is 1. The van der Waals surface area contributed by atoms with Gasteiger partial charge in [0, 0.05) is 0 Å². The molecular formula is C25H42. The summed E-state index contributed by atoms with van der Waals surface area (Å²) in [6, 6.07) is 0. The van der Waals surface area contributed by atoms with Crippen molar-refractivity contribution in [1.29, 1.82) is 0 Å². The molecule has 4 fully saturated rings. The first kappa shape index (κ1) is 18.1. The quantitative estimate of drug-likeness (QED) is 0.433. The number of hydrogen-bond acceptors (Lipinski definition) is 0. The molecule has 25 heavy (non-hydrogen) atoms. The molecule has 4 saturated carbocycles. The second-order valence-electron chi connectivity index (χ2n) is 11.8. The highest BCUT2D eigenvalue weighted by Crippen LogP contribution is 2.72. The van der Waals surface area contributed by atoms with Crippen molar-refractivity contribution in [2.24, 2.45) is 51.8 Å². The van der Waals surface area contributed by atoms with Crippen molar-refractivity contribution >= 4 is 0 Å². The van der Waals surface area contributed by atoms with Crippen LogP contribution < -0.4 is 0 Å². The summed E-state index contributed by atoms with van der Waals surface area (Å²) in [5.74, 6) is 5.64. The van der Waals surface area contributed by atoms with Gasteiger partial charge in [0.1, 0.15) is 0 Å². The molecule has 4 aliphatic rings. The van der Waals surface area contributed by atoms with Gasteiger partial charge >= 0.3 is 0 Å². The molecule has 4 rings (SSSR count). The molecule has 0 aromatic rings. The highest BCUT2D eigenvalue weighted by molar-refractivity contribution is 5.15. The van der Waals surface area contributed by atoms with E-state index in [0.29, 0.717) is 16.2 Å². The van der Waals surface area contributed by atoms with E-state index < -0.39 is 0 Å². The molecule has 0 aromatic carbocycles. The summed E-state index contributed by atoms with van der Waals surface area (Å²) in [4.78, 5) is 0. The van der Waals surface area contributed by atoms with Crippen molar-refractivity contribution < 1.29 is 0 Å². The van der Waals surface area contributed by atoms with Crippen LogP contribution in [0.1, 0.15) is 92.9 Å². The zero-order valence-electron chi connectivity index (χ0n) is 17.8. The fraction of sp³-hybridized carbons (Fsp3) is 0.920. The second kappa shape index (κ2) is 5.62. The molecule has 0 amide bonds. The smallest absolute Gasteiger partial charge is 0.0203 e. The molecule has 0 heteroatoms. The summed E-state index contributed by atoms with van der Waals surface area (Å²) in [6.07, 6.45) is 11.7. The lowest BCUT2D eigenvalue weighted by Gasteiger charge is -2.67. The maximum absolute atomic E-state index is 4.33. The monoisotopic (exact) mass is 342 g/mol. The van der Waals surface area contributed by atoms with Gasteiger partial charge in [0.05, 0.1) is 0 Å². The largest absolute Gasteiger partial charge is 0.0999 e. The average molecular weight is 343 g/mol. The van der Waals surface area contributed by atoms with E-state index in [-0.39, 0.29) is 0 Å². The van der Waals surface area contributed by atoms with E-state index >= 15 is 0 Å². The molecule has 0 aliphatic heterocycles. The van der Waals surface area contributed by atoms with E-state index in [4.69, 9.17) is 0 Å². The van der Waals surface area contributed by atoms with Gasteiger partial charge in [-0.25, -0.2) is 0 Å². The predicted molar refractivity (Wildman–Crippen MR) is 108 cm³/mol. The Bertz CT molecular complexity index is 560. The van der Waals surface area contributed by atoms with Crippen LogP contribution >= 0.6 is 0 Å². The second-order valence-corrected chi connectivity index (χ2v) is 11.8. The molecule has 142 valence electrons. The van der Waals surface area contributed by atoms with Crippen molar-refractivity contribution in [2.75, 3.05) is 0 Å². The molecule has 0 aromatic heterocycles. The number of hydrogen-bond donors (Lipinski definition) is 0. The third-order valence-electron chi connectivity index (χ3n) is 10.8. The van der Waals surface area contributed by atoms with Gasteiger partial charge in [-0.3, -0.25) is 0 Å². The zero-order chi connectivity index (χ0) is 18.2. The minimum Gasteiger partial charge on any atom is -0.0999 e. The predicted octanol–water partition coefficient (Wildman–Crippen LogP) is 7.49. The van der Waals surface area contributed by atoms with Gasteiger partial charge < -0.3 is 0 Å². The Kier molecular flexibility index (Phi) is 4.07. The Labute approximate surface area is 157 Å². The summed E-state index contributed by atoms with van der Waals surface area (Å²) in [5.41, 5.74) is 3.20. The van der Waals surface area contributed by atoms with E-state index in [1.165, 1.54) is 56.9 Å². The third kappa shape index (κ3) is 2.31. The minimum absolute atomic E-state index is 0.535. The highest BCUT2D eigenvalue weighted by atomic mass is 14.7. The van der Waals surface area contributed by atoms with E-state index in [9.17, 15) is 0 Å². The maximum Gasteiger partial charge on any atom is -0.0203 e. The fourth-order valence-electron chi connectivity index (χ4n) is 8.87. The van der Waals surface area contributed by atoms with Crippen LogP contribution in [0.5, 0.6) is 0 Å². The molecule has 0 saturated heterocycles. The van der Waals surface area contributed by atoms with Crippen LogP contribution in [0.4, 0.5) is 0 Å². The van der Waals surface area contributed by atoms with Crippen molar-refractivity contribution in [1.82, 2.24) is 0 Å². The van der Waals surface area contributed by atoms with E-state index in [2.05, 4.69) is 48.1 Å². The average Bonchev–Trinajstić information content (AvgIpc) is 2.83. The fourth-order valence-corrected chi connectivity index (χ4v) is 8.87. The Morgan fingerprint density at radius 1 is 0.880 bits per heavy atom. The summed E-state index contributed by atoms with van der Waals surface area (Å²) in [5, 5.41) is 0. The van der Waals surface area contributed by atoms with Crippen LogP contribution in [0, 0.1) is 51.8 Å². The Hall–Kier alpha value is -0.260. The summed E-state index contributed by atoms with van der Waals surface area (Å²) in [7, 11) is 0. The van der Waals surface area contributed by atoms with Crippen molar-refractivity contribution in [2.45, 2.75) is 92.9 Å². The first-order valence-corrected chi connectivity index (χ1v) is 11.3. The molecule has 9 atom stereocenters. The first-order valence-electron chi connectivity index (χ1n) is 11.3. The normalized spacial score (nSPS) is 58.2. The van der Waals surface area contributed by atoms with Crippen LogP contribution in [-0.4, -0.2) is 0 Å². The molecule has 4 aliphatic carbocycles. The SMILES string of the molecule is C=C(C)C1CCC2(C)C3CCC4(C)C(C)CCC4C3C(C)CC2(C)C1. The standard InChI is InChI=1S/C25H42/c1-16(2)19-10-13-25(7)21-11-12-24(6)18(4)8-9-20(24)22(21)17(3)14-23(25,5)15-19/h17-22H,1,8-15H2,2-7H3. The molecule has 0 N–H and O–H groups in total. The molecular weight excluding hydrogens is 300 g/mol. The molecule has 0 radical (unpaired) electrons. The van der Waals surface area contributed by atoms with Crippen LogP contribution in [0.3, 0.4) is 0 Å². The van der Waals surface area contributed by atoms with Gasteiger partial charge in [-0.2, -0.15) is 0 Å². The number of fused-ring (bicyclic) bond motifs is 5. The molecule has 0 heterocycles. The van der Waals surface area contributed by atoms with E-state index in [0.717, 1.165) is 35.5 Å². The Balaban J connectivity index is 1.69. The van der Waals surface area contributed by atoms with Crippen LogP contribution in [0.2, 0.25) is 0 Å². The van der Waals surface area contributed by atoms with E-state index in [1.807, 2.05) is 0 Å². The molecule has 0 bridgehead atoms. The zero-order valence-corrected chi connectivity index (χ0v) is 17.8. The van der Waals surface area contributed by atoms with Gasteiger partial charge in [-0.05, 0) is 110 Å². The molecule has 9 unspecified atom stereocenters. The van der Waals surface area contributed by atoms with Crippen molar-refractivity contribution in [3.8, 4) is 0 Å². The lowest BCUT2D eigenvalue weighted by atomic mass is 9.38. The number of allylic oxidation sites excluding steroid dienone is 1. The van der Waals surface area contributed by atoms with Crippen LogP contribution in [-0.2, 0) is 0 Å². The van der Waals surface area contributed by atoms with Gasteiger partial charge in [-0.1, -0.05) is 46.8 Å². The van der Waals surface area contributed by atoms with Crippen molar-refractivity contribution in [3.05, 3.63) is 12.2 Å². The molecule has 0 nitrogen and oxygen atoms in total. The van der Waals surface area contributed by atoms with Gasteiger partial charge in [0.2, 0.25) is 0 Å². The lowest BCUT2D eigenvalue weighted by molar-refractivity contribution is -0.179. The lowest BCUT2D eigenvalue weighted by Crippen LogP contribution is -2.60. The summed E-state index contributed by atoms with van der Waals surface area (Å²) in [6.45, 7) is 19.8. The summed E-state index contributed by atoms with van der Waals surface area (Å²) >= 11 is 0. The first-order chi connectivity index (χ1) is 11.6. The van der Waals surface area contributed by atoms with Gasteiger partial charge in [0.15, 0.2) is 0 Å². The van der Waals surface area contributed by atoms with Gasteiger partial charge in [0.25, 0.3) is 0 Å². The van der Waals surface area contributed by atoms with Crippen LogP contribution in [0.15, 0.2) is 12.2 Å². The Morgan fingerprint density at radius 2 is 1.60 bits per heavy atom. The third-order valence-corrected chi connectivity index (χ3v) is 10.8. The molecule has 0 spiro atoms. The topological polar surface area (TPSA) is 0 Å². The maximum atomic E-state index is 4.33. The van der Waals surface area contributed by atoms with Crippen molar-refractivity contribution in [3.63, 3.8) is 0 Å². The summed E-state index contributed by atoms with van der Waals surface area (Å²) < 4.78 is 0. The Morgan fingerprint density at radius 3 is 2.28 bits per heavy atom. The highest BCUT2D eigenvalue weighted by Gasteiger charge is 2.64.